The van der Waals surface area contributed by atoms with Crippen LogP contribution in [0.15, 0.2) is 66.0 Å². The van der Waals surface area contributed by atoms with Gasteiger partial charge in [0, 0.05) is 24.5 Å². The van der Waals surface area contributed by atoms with Gasteiger partial charge in [0.2, 0.25) is 11.8 Å². The van der Waals surface area contributed by atoms with Crippen LogP contribution in [0, 0.1) is 0 Å². The van der Waals surface area contributed by atoms with Crippen molar-refractivity contribution in [2.45, 2.75) is 51.5 Å². The molecule has 2 aliphatic rings. The number of hydrogen-bond donors (Lipinski definition) is 0. The minimum atomic E-state index is -0.170. The van der Waals surface area contributed by atoms with Crippen LogP contribution in [0.1, 0.15) is 60.2 Å². The second-order valence-electron chi connectivity index (χ2n) is 11.2. The number of rotatable bonds is 11. The number of ether oxygens (including phenoxy) is 1. The number of likely N-dealkylation sites (tertiary alicyclic amines) is 1. The smallest absolute Gasteiger partial charge is 0.242 e. The normalized spacial score (nSPS) is 17.2. The van der Waals surface area contributed by atoms with Gasteiger partial charge in [0.25, 0.3) is 0 Å². The summed E-state index contributed by atoms with van der Waals surface area (Å²) in [6, 6.07) is 20.0. The zero-order valence-corrected chi connectivity index (χ0v) is 24.6. The van der Waals surface area contributed by atoms with Gasteiger partial charge in [0.1, 0.15) is 12.4 Å². The molecule has 40 heavy (non-hydrogen) atoms. The summed E-state index contributed by atoms with van der Waals surface area (Å²) >= 11 is 1.75. The Hall–Kier alpha value is -3.16. The molecular weight excluding hydrogens is 518 g/mol. The average Bonchev–Trinajstić information content (AvgIpc) is 3.67. The van der Waals surface area contributed by atoms with E-state index in [2.05, 4.69) is 42.3 Å². The van der Waals surface area contributed by atoms with E-state index in [-0.39, 0.29) is 24.4 Å². The highest BCUT2D eigenvalue weighted by Crippen LogP contribution is 2.34. The average molecular weight is 560 g/mol. The fourth-order valence-corrected chi connectivity index (χ4v) is 6.62. The first-order chi connectivity index (χ1) is 19.5. The van der Waals surface area contributed by atoms with E-state index in [9.17, 15) is 9.59 Å². The van der Waals surface area contributed by atoms with E-state index in [4.69, 9.17) is 4.74 Å². The number of nitrogens with zero attached hydrogens (tertiary/aromatic N) is 3. The van der Waals surface area contributed by atoms with Crippen molar-refractivity contribution in [2.24, 2.45) is 0 Å². The Morgan fingerprint density at radius 1 is 1.00 bits per heavy atom. The van der Waals surface area contributed by atoms with Crippen LogP contribution < -0.4 is 4.74 Å². The molecule has 6 nitrogen and oxygen atoms in total. The van der Waals surface area contributed by atoms with E-state index in [0.717, 1.165) is 37.4 Å². The summed E-state index contributed by atoms with van der Waals surface area (Å²) in [6.45, 7) is 9.00. The molecule has 0 aliphatic carbocycles. The van der Waals surface area contributed by atoms with E-state index in [1.807, 2.05) is 47.4 Å². The van der Waals surface area contributed by atoms with Crippen LogP contribution in [0.25, 0.3) is 0 Å². The van der Waals surface area contributed by atoms with E-state index < -0.39 is 0 Å². The Balaban J connectivity index is 1.29. The quantitative estimate of drug-likeness (QED) is 0.309. The molecule has 0 bridgehead atoms. The zero-order chi connectivity index (χ0) is 27.9. The minimum Gasteiger partial charge on any atom is -0.491 e. The summed E-state index contributed by atoms with van der Waals surface area (Å²) in [5, 5.41) is 2.11. The molecule has 3 aromatic rings. The van der Waals surface area contributed by atoms with Crippen LogP contribution in [0.2, 0.25) is 0 Å². The first kappa shape index (κ1) is 28.4. The summed E-state index contributed by atoms with van der Waals surface area (Å²) in [4.78, 5) is 34.8. The fraction of sp³-hybridized carbons (Fsp3) is 0.455. The maximum atomic E-state index is 13.9. The SMILES string of the molecule is CC(C)c1ccc(OCC2c3ccsc3CCN2C(=O)CN(CCN2CCCC2)C(=O)Cc2ccccc2)cc1. The Morgan fingerprint density at radius 2 is 1.75 bits per heavy atom. The van der Waals surface area contributed by atoms with Gasteiger partial charge in [-0.3, -0.25) is 9.59 Å². The lowest BCUT2D eigenvalue weighted by molar-refractivity contribution is -0.142. The van der Waals surface area contributed by atoms with E-state index in [0.29, 0.717) is 32.0 Å². The van der Waals surface area contributed by atoms with Crippen molar-refractivity contribution in [3.63, 3.8) is 0 Å². The Bertz CT molecular complexity index is 1250. The number of benzene rings is 2. The molecule has 1 atom stereocenters. The Labute approximate surface area is 242 Å². The van der Waals surface area contributed by atoms with E-state index in [1.165, 1.54) is 28.8 Å². The number of hydrogen-bond acceptors (Lipinski definition) is 5. The largest absolute Gasteiger partial charge is 0.491 e. The molecule has 1 fully saturated rings. The van der Waals surface area contributed by atoms with Crippen molar-refractivity contribution >= 4 is 23.2 Å². The second kappa shape index (κ2) is 13.5. The number of fused-ring (bicyclic) bond motifs is 1. The number of thiophene rings is 1. The van der Waals surface area contributed by atoms with Crippen molar-refractivity contribution in [3.8, 4) is 5.75 Å². The summed E-state index contributed by atoms with van der Waals surface area (Å²) in [5.74, 6) is 1.27. The van der Waals surface area contributed by atoms with Gasteiger partial charge in [0.05, 0.1) is 19.0 Å². The molecule has 2 aliphatic heterocycles. The van der Waals surface area contributed by atoms with Crippen molar-refractivity contribution in [3.05, 3.63) is 87.6 Å². The highest BCUT2D eigenvalue weighted by molar-refractivity contribution is 7.10. The van der Waals surface area contributed by atoms with Gasteiger partial charge in [-0.15, -0.1) is 11.3 Å². The van der Waals surface area contributed by atoms with Crippen LogP contribution in [0.3, 0.4) is 0 Å². The molecule has 1 aromatic heterocycles. The highest BCUT2D eigenvalue weighted by Gasteiger charge is 2.33. The van der Waals surface area contributed by atoms with Crippen LogP contribution in [-0.4, -0.2) is 72.4 Å². The maximum Gasteiger partial charge on any atom is 0.242 e. The third-order valence-corrected chi connectivity index (χ3v) is 9.13. The second-order valence-corrected chi connectivity index (χ2v) is 12.2. The van der Waals surface area contributed by atoms with Crippen molar-refractivity contribution in [1.82, 2.24) is 14.7 Å². The van der Waals surface area contributed by atoms with E-state index >= 15 is 0 Å². The molecule has 0 radical (unpaired) electrons. The monoisotopic (exact) mass is 559 g/mol. The first-order valence-corrected chi connectivity index (χ1v) is 15.5. The van der Waals surface area contributed by atoms with Crippen LogP contribution in [-0.2, 0) is 22.4 Å². The van der Waals surface area contributed by atoms with Gasteiger partial charge in [-0.1, -0.05) is 56.3 Å². The Kier molecular flexibility index (Phi) is 9.55. The standard InChI is InChI=1S/C33H41N3O3S/c1-25(2)27-10-12-28(13-11-27)39-24-30-29-15-21-40-31(29)14-18-36(30)33(38)23-35(20-19-34-16-6-7-17-34)32(37)22-26-8-4-3-5-9-26/h3-5,8-13,15,21,25,30H,6-7,14,16-20,22-24H2,1-2H3. The molecule has 1 unspecified atom stereocenters. The molecule has 1 saturated heterocycles. The predicted octanol–water partition coefficient (Wildman–Crippen LogP) is 5.54. The zero-order valence-electron chi connectivity index (χ0n) is 23.8. The van der Waals surface area contributed by atoms with Gasteiger partial charge in [-0.2, -0.15) is 0 Å². The fourth-order valence-electron chi connectivity index (χ4n) is 5.70. The topological polar surface area (TPSA) is 53.1 Å². The molecule has 3 heterocycles. The van der Waals surface area contributed by atoms with Crippen LogP contribution in [0.5, 0.6) is 5.75 Å². The molecule has 5 rings (SSSR count). The van der Waals surface area contributed by atoms with Gasteiger partial charge in [0.15, 0.2) is 0 Å². The molecule has 0 saturated carbocycles. The minimum absolute atomic E-state index is 0.00465. The Morgan fingerprint density at radius 3 is 2.48 bits per heavy atom. The molecule has 2 aromatic carbocycles. The van der Waals surface area contributed by atoms with Crippen LogP contribution in [0.4, 0.5) is 0 Å². The lowest BCUT2D eigenvalue weighted by atomic mass is 10.00. The van der Waals surface area contributed by atoms with Gasteiger partial charge in [-0.05, 0) is 78.5 Å². The third-order valence-electron chi connectivity index (χ3n) is 8.13. The van der Waals surface area contributed by atoms with Gasteiger partial charge in [-0.25, -0.2) is 0 Å². The summed E-state index contributed by atoms with van der Waals surface area (Å²) in [6.07, 6.45) is 3.55. The van der Waals surface area contributed by atoms with Crippen LogP contribution >= 0.6 is 11.3 Å². The third kappa shape index (κ3) is 7.12. The number of carbonyl (C=O) groups is 2. The summed E-state index contributed by atoms with van der Waals surface area (Å²) in [5.41, 5.74) is 3.42. The molecular formula is C33H41N3O3S. The number of carbonyl (C=O) groups excluding carboxylic acids is 2. The lowest BCUT2D eigenvalue weighted by Gasteiger charge is -2.37. The van der Waals surface area contributed by atoms with Gasteiger partial charge < -0.3 is 19.4 Å². The molecule has 0 spiro atoms. The number of amides is 2. The molecule has 7 heteroatoms. The first-order valence-electron chi connectivity index (χ1n) is 14.6. The highest BCUT2D eigenvalue weighted by atomic mass is 32.1. The molecule has 0 N–H and O–H groups in total. The lowest BCUT2D eigenvalue weighted by Crippen LogP contribution is -2.49. The predicted molar refractivity (Wildman–Crippen MR) is 161 cm³/mol. The van der Waals surface area contributed by atoms with Gasteiger partial charge >= 0.3 is 0 Å². The van der Waals surface area contributed by atoms with Crippen molar-refractivity contribution in [2.75, 3.05) is 45.9 Å². The van der Waals surface area contributed by atoms with Crippen molar-refractivity contribution < 1.29 is 14.3 Å². The van der Waals surface area contributed by atoms with Crippen molar-refractivity contribution in [1.29, 1.82) is 0 Å². The summed E-state index contributed by atoms with van der Waals surface area (Å²) < 4.78 is 6.26. The van der Waals surface area contributed by atoms with E-state index in [1.54, 1.807) is 16.2 Å². The maximum absolute atomic E-state index is 13.9. The molecule has 212 valence electrons. The molecule has 2 amide bonds. The summed E-state index contributed by atoms with van der Waals surface area (Å²) in [7, 11) is 0.